The molecule has 1 heterocycles. The van der Waals surface area contributed by atoms with Crippen LogP contribution in [0.5, 0.6) is 17.2 Å². The van der Waals surface area contributed by atoms with Gasteiger partial charge in [-0.15, -0.1) is 0 Å². The van der Waals surface area contributed by atoms with Gasteiger partial charge in [0.25, 0.3) is 5.91 Å². The molecule has 0 bridgehead atoms. The van der Waals surface area contributed by atoms with Crippen LogP contribution in [0.4, 0.5) is 0 Å². The maximum Gasteiger partial charge on any atom is 0.307 e. The van der Waals surface area contributed by atoms with Gasteiger partial charge in [-0.1, -0.05) is 24.0 Å². The lowest BCUT2D eigenvalue weighted by Gasteiger charge is -2.14. The van der Waals surface area contributed by atoms with Crippen LogP contribution in [0, 0.1) is 0 Å². The third kappa shape index (κ3) is 6.10. The van der Waals surface area contributed by atoms with Crippen LogP contribution in [0.3, 0.4) is 0 Å². The van der Waals surface area contributed by atoms with Crippen LogP contribution in [0.25, 0.3) is 6.08 Å². The van der Waals surface area contributed by atoms with Gasteiger partial charge < -0.3 is 23.8 Å². The Morgan fingerprint density at radius 2 is 1.80 bits per heavy atom. The molecule has 1 aliphatic rings. The molecule has 0 N–H and O–H groups in total. The fraction of sp³-hybridized carbons (Fsp3) is 0.450. The van der Waals surface area contributed by atoms with Crippen molar-refractivity contribution in [1.82, 2.24) is 9.80 Å². The van der Waals surface area contributed by atoms with Crippen LogP contribution in [0.1, 0.15) is 12.0 Å². The molecule has 164 valence electrons. The lowest BCUT2D eigenvalue weighted by Crippen LogP contribution is -2.31. The van der Waals surface area contributed by atoms with Gasteiger partial charge in [0.2, 0.25) is 5.75 Å². The predicted octanol–water partition coefficient (Wildman–Crippen LogP) is 2.41. The minimum atomic E-state index is -0.362. The van der Waals surface area contributed by atoms with Crippen molar-refractivity contribution in [3.05, 3.63) is 22.6 Å². The van der Waals surface area contributed by atoms with E-state index in [1.54, 1.807) is 18.2 Å². The van der Waals surface area contributed by atoms with E-state index in [0.29, 0.717) is 45.2 Å². The van der Waals surface area contributed by atoms with Crippen molar-refractivity contribution in [2.24, 2.45) is 0 Å². The summed E-state index contributed by atoms with van der Waals surface area (Å²) in [6.45, 7) is 1.13. The van der Waals surface area contributed by atoms with Crippen LogP contribution < -0.4 is 14.2 Å². The molecule has 0 radical (unpaired) electrons. The van der Waals surface area contributed by atoms with Crippen molar-refractivity contribution in [2.45, 2.75) is 6.42 Å². The quantitative estimate of drug-likeness (QED) is 0.301. The summed E-state index contributed by atoms with van der Waals surface area (Å²) in [4.78, 5) is 28.4. The third-order valence-corrected chi connectivity index (χ3v) is 5.58. The van der Waals surface area contributed by atoms with Crippen LogP contribution in [0.2, 0.25) is 0 Å². The molecule has 30 heavy (non-hydrogen) atoms. The van der Waals surface area contributed by atoms with Gasteiger partial charge in [-0.25, -0.2) is 0 Å². The highest BCUT2D eigenvalue weighted by molar-refractivity contribution is 8.26. The van der Waals surface area contributed by atoms with Crippen LogP contribution in [-0.4, -0.2) is 81.1 Å². The summed E-state index contributed by atoms with van der Waals surface area (Å²) in [5.41, 5.74) is 0.702. The summed E-state index contributed by atoms with van der Waals surface area (Å²) in [6, 6.07) is 3.49. The normalized spacial score (nSPS) is 15.1. The molecule has 2 rings (SSSR count). The number of thioether (sulfide) groups is 1. The number of thiocarbonyl (C=S) groups is 1. The third-order valence-electron chi connectivity index (χ3n) is 4.20. The monoisotopic (exact) mass is 454 g/mol. The number of hydrogen-bond acceptors (Lipinski definition) is 9. The Labute approximate surface area is 186 Å². The van der Waals surface area contributed by atoms with Crippen LogP contribution >= 0.6 is 24.0 Å². The summed E-state index contributed by atoms with van der Waals surface area (Å²) in [6.07, 6.45) is 1.79. The number of ether oxygens (including phenoxy) is 4. The van der Waals surface area contributed by atoms with Crippen molar-refractivity contribution >= 4 is 46.3 Å². The first kappa shape index (κ1) is 24.0. The second-order valence-electron chi connectivity index (χ2n) is 6.57. The Bertz CT molecular complexity index is 816. The van der Waals surface area contributed by atoms with E-state index in [2.05, 4.69) is 0 Å². The van der Waals surface area contributed by atoms with E-state index in [0.717, 1.165) is 0 Å². The van der Waals surface area contributed by atoms with Crippen molar-refractivity contribution < 1.29 is 28.5 Å². The summed E-state index contributed by atoms with van der Waals surface area (Å²) in [7, 11) is 8.37. The van der Waals surface area contributed by atoms with Crippen LogP contribution in [0.15, 0.2) is 17.0 Å². The second-order valence-corrected chi connectivity index (χ2v) is 8.24. The van der Waals surface area contributed by atoms with Gasteiger partial charge in [0.1, 0.15) is 10.9 Å². The van der Waals surface area contributed by atoms with Gasteiger partial charge in [-0.05, 0) is 37.9 Å². The van der Waals surface area contributed by atoms with Gasteiger partial charge >= 0.3 is 5.97 Å². The SMILES string of the molecule is COc1cc(/C=C2\SC(=S)N(CCC(=O)OCCN(C)C)C2=O)cc(OC)c1OC. The molecule has 8 nitrogen and oxygen atoms in total. The number of amides is 1. The summed E-state index contributed by atoms with van der Waals surface area (Å²) in [5, 5.41) is 0. The molecule has 1 fully saturated rings. The van der Waals surface area contributed by atoms with Gasteiger partial charge in [0.15, 0.2) is 11.5 Å². The number of carbonyl (C=O) groups excluding carboxylic acids is 2. The second kappa shape index (κ2) is 11.2. The zero-order chi connectivity index (χ0) is 22.3. The van der Waals surface area contributed by atoms with E-state index < -0.39 is 0 Å². The first-order valence-corrected chi connectivity index (χ1v) is 10.4. The highest BCUT2D eigenvalue weighted by atomic mass is 32.2. The molecule has 0 aromatic heterocycles. The molecule has 0 aliphatic carbocycles. The van der Waals surface area contributed by atoms with E-state index >= 15 is 0 Å². The highest BCUT2D eigenvalue weighted by Gasteiger charge is 2.32. The average Bonchev–Trinajstić information content (AvgIpc) is 2.97. The number of carbonyl (C=O) groups is 2. The molecular formula is C20H26N2O6S2. The highest BCUT2D eigenvalue weighted by Crippen LogP contribution is 2.40. The van der Waals surface area contributed by atoms with Gasteiger partial charge in [-0.2, -0.15) is 0 Å². The molecule has 1 saturated heterocycles. The first-order chi connectivity index (χ1) is 14.3. The van der Waals surface area contributed by atoms with E-state index in [9.17, 15) is 9.59 Å². The Morgan fingerprint density at radius 1 is 1.17 bits per heavy atom. The van der Waals surface area contributed by atoms with Crippen molar-refractivity contribution in [3.63, 3.8) is 0 Å². The summed E-state index contributed by atoms with van der Waals surface area (Å²) < 4.78 is 21.6. The Morgan fingerprint density at radius 3 is 2.33 bits per heavy atom. The zero-order valence-electron chi connectivity index (χ0n) is 17.7. The molecule has 1 aromatic rings. The molecule has 0 atom stereocenters. The van der Waals surface area contributed by atoms with E-state index in [1.165, 1.54) is 38.0 Å². The molecule has 0 spiro atoms. The average molecular weight is 455 g/mol. The lowest BCUT2D eigenvalue weighted by molar-refractivity contribution is -0.144. The first-order valence-electron chi connectivity index (χ1n) is 9.16. The number of esters is 1. The number of rotatable bonds is 10. The van der Waals surface area contributed by atoms with Crippen molar-refractivity contribution in [3.8, 4) is 17.2 Å². The Balaban J connectivity index is 2.09. The molecule has 1 aliphatic heterocycles. The summed E-state index contributed by atoms with van der Waals surface area (Å²) in [5.74, 6) is 0.829. The molecule has 0 saturated carbocycles. The maximum atomic E-state index is 12.8. The predicted molar refractivity (Wildman–Crippen MR) is 120 cm³/mol. The Kier molecular flexibility index (Phi) is 8.94. The minimum Gasteiger partial charge on any atom is -0.493 e. The van der Waals surface area contributed by atoms with Crippen LogP contribution in [-0.2, 0) is 14.3 Å². The van der Waals surface area contributed by atoms with E-state index in [4.69, 9.17) is 31.2 Å². The molecule has 10 heteroatoms. The number of hydrogen-bond donors (Lipinski definition) is 0. The van der Waals surface area contributed by atoms with E-state index in [-0.39, 0.29) is 24.8 Å². The van der Waals surface area contributed by atoms with Gasteiger partial charge in [-0.3, -0.25) is 14.5 Å². The zero-order valence-corrected chi connectivity index (χ0v) is 19.4. The number of likely N-dealkylation sites (N-methyl/N-ethyl adjacent to an activating group) is 1. The standard InChI is InChI=1S/C20H26N2O6S2/c1-21(2)8-9-28-17(23)6-7-22-19(24)16(30-20(22)29)12-13-10-14(25-3)18(27-5)15(11-13)26-4/h10-12H,6-9H2,1-5H3/b16-12-. The smallest absolute Gasteiger partial charge is 0.307 e. The van der Waals surface area contributed by atoms with Gasteiger partial charge in [0, 0.05) is 13.1 Å². The van der Waals surface area contributed by atoms with Gasteiger partial charge in [0.05, 0.1) is 32.7 Å². The molecule has 0 unspecified atom stereocenters. The fourth-order valence-electron chi connectivity index (χ4n) is 2.65. The molecular weight excluding hydrogens is 428 g/mol. The fourth-order valence-corrected chi connectivity index (χ4v) is 3.95. The van der Waals surface area contributed by atoms with Crippen molar-refractivity contribution in [1.29, 1.82) is 0 Å². The van der Waals surface area contributed by atoms with E-state index in [1.807, 2.05) is 19.0 Å². The number of benzene rings is 1. The lowest BCUT2D eigenvalue weighted by atomic mass is 10.1. The molecule has 1 amide bonds. The largest absolute Gasteiger partial charge is 0.493 e. The Hall–Kier alpha value is -2.30. The van der Waals surface area contributed by atoms with Crippen molar-refractivity contribution in [2.75, 3.05) is 55.1 Å². The number of nitrogens with zero attached hydrogens (tertiary/aromatic N) is 2. The molecule has 1 aromatic carbocycles. The maximum absolute atomic E-state index is 12.8. The minimum absolute atomic E-state index is 0.0807. The summed E-state index contributed by atoms with van der Waals surface area (Å²) >= 11 is 6.50. The topological polar surface area (TPSA) is 77.5 Å². The number of methoxy groups -OCH3 is 3.